The highest BCUT2D eigenvalue weighted by atomic mass is 16.1. The van der Waals surface area contributed by atoms with Gasteiger partial charge in [0.25, 0.3) is 5.91 Å². The molecule has 0 radical (unpaired) electrons. The summed E-state index contributed by atoms with van der Waals surface area (Å²) < 4.78 is 0. The van der Waals surface area contributed by atoms with Crippen molar-refractivity contribution < 1.29 is 4.79 Å². The third kappa shape index (κ3) is 3.68. The minimum absolute atomic E-state index is 0.117. The number of aromatic nitrogens is 3. The topological polar surface area (TPSA) is 70.7 Å². The molecule has 2 heterocycles. The molecule has 0 spiro atoms. The molecule has 122 valence electrons. The fraction of sp³-hybridized carbons (Fsp3) is 0.211. The molecule has 0 aliphatic carbocycles. The van der Waals surface area contributed by atoms with E-state index in [2.05, 4.69) is 20.5 Å². The van der Waals surface area contributed by atoms with Crippen LogP contribution in [0.1, 0.15) is 28.0 Å². The minimum Gasteiger partial charge on any atom is -0.351 e. The van der Waals surface area contributed by atoms with E-state index in [0.29, 0.717) is 12.2 Å². The number of rotatable bonds is 6. The Balaban J connectivity index is 1.57. The van der Waals surface area contributed by atoms with Crippen LogP contribution in [-0.2, 0) is 6.42 Å². The lowest BCUT2D eigenvalue weighted by atomic mass is 10.1. The van der Waals surface area contributed by atoms with E-state index >= 15 is 0 Å². The predicted octanol–water partition coefficient (Wildman–Crippen LogP) is 3.14. The normalized spacial score (nSPS) is 10.5. The van der Waals surface area contributed by atoms with E-state index < -0.39 is 0 Å². The first-order chi connectivity index (χ1) is 11.8. The van der Waals surface area contributed by atoms with Crippen LogP contribution in [0, 0.1) is 6.92 Å². The SMILES string of the molecule is Cc1c(-c2ccccc2)n[nH]c1C(=O)NCCCc1cccnc1. The Morgan fingerprint density at radius 3 is 2.75 bits per heavy atom. The van der Waals surface area contributed by atoms with Crippen LogP contribution in [0.2, 0.25) is 0 Å². The van der Waals surface area contributed by atoms with Crippen molar-refractivity contribution >= 4 is 5.91 Å². The Hall–Kier alpha value is -2.95. The molecule has 24 heavy (non-hydrogen) atoms. The van der Waals surface area contributed by atoms with Gasteiger partial charge in [0.15, 0.2) is 0 Å². The van der Waals surface area contributed by atoms with Crippen LogP contribution in [-0.4, -0.2) is 27.6 Å². The second-order valence-electron chi connectivity index (χ2n) is 5.66. The second-order valence-corrected chi connectivity index (χ2v) is 5.66. The van der Waals surface area contributed by atoms with Crippen molar-refractivity contribution in [3.8, 4) is 11.3 Å². The van der Waals surface area contributed by atoms with Gasteiger partial charge >= 0.3 is 0 Å². The number of carbonyl (C=O) groups excluding carboxylic acids is 1. The maximum atomic E-state index is 12.3. The van der Waals surface area contributed by atoms with Crippen molar-refractivity contribution in [3.05, 3.63) is 71.7 Å². The quantitative estimate of drug-likeness (QED) is 0.685. The number of H-pyrrole nitrogens is 1. The number of benzene rings is 1. The maximum absolute atomic E-state index is 12.3. The molecule has 5 nitrogen and oxygen atoms in total. The molecule has 1 amide bonds. The molecule has 2 N–H and O–H groups in total. The predicted molar refractivity (Wildman–Crippen MR) is 93.7 cm³/mol. The molecule has 0 unspecified atom stereocenters. The Bertz CT molecular complexity index is 797. The largest absolute Gasteiger partial charge is 0.351 e. The van der Waals surface area contributed by atoms with Gasteiger partial charge in [0, 0.05) is 30.1 Å². The number of hydrogen-bond acceptors (Lipinski definition) is 3. The van der Waals surface area contributed by atoms with Crippen LogP contribution in [0.3, 0.4) is 0 Å². The van der Waals surface area contributed by atoms with Crippen LogP contribution < -0.4 is 5.32 Å². The number of hydrogen-bond donors (Lipinski definition) is 2. The second kappa shape index (κ2) is 7.55. The molecule has 1 aromatic carbocycles. The lowest BCUT2D eigenvalue weighted by molar-refractivity contribution is 0.0947. The highest BCUT2D eigenvalue weighted by molar-refractivity contribution is 5.95. The number of nitrogens with one attached hydrogen (secondary N) is 2. The smallest absolute Gasteiger partial charge is 0.269 e. The van der Waals surface area contributed by atoms with Crippen molar-refractivity contribution in [1.29, 1.82) is 0 Å². The summed E-state index contributed by atoms with van der Waals surface area (Å²) in [5.74, 6) is -0.117. The first-order valence-corrected chi connectivity index (χ1v) is 8.03. The molecule has 0 saturated heterocycles. The fourth-order valence-corrected chi connectivity index (χ4v) is 2.62. The molecule has 3 aromatic rings. The van der Waals surface area contributed by atoms with Crippen molar-refractivity contribution in [1.82, 2.24) is 20.5 Å². The van der Waals surface area contributed by atoms with Gasteiger partial charge in [-0.25, -0.2) is 0 Å². The molecular weight excluding hydrogens is 300 g/mol. The van der Waals surface area contributed by atoms with E-state index in [0.717, 1.165) is 29.7 Å². The van der Waals surface area contributed by atoms with E-state index in [1.165, 1.54) is 5.56 Å². The van der Waals surface area contributed by atoms with Gasteiger partial charge in [-0.2, -0.15) is 5.10 Å². The summed E-state index contributed by atoms with van der Waals surface area (Å²) in [7, 11) is 0. The van der Waals surface area contributed by atoms with Crippen molar-refractivity contribution in [2.45, 2.75) is 19.8 Å². The van der Waals surface area contributed by atoms with Crippen LogP contribution in [0.25, 0.3) is 11.3 Å². The number of aromatic amines is 1. The average Bonchev–Trinajstić information content (AvgIpc) is 3.02. The van der Waals surface area contributed by atoms with E-state index in [1.54, 1.807) is 6.20 Å². The van der Waals surface area contributed by atoms with E-state index in [4.69, 9.17) is 0 Å². The minimum atomic E-state index is -0.117. The van der Waals surface area contributed by atoms with Gasteiger partial charge in [-0.05, 0) is 31.4 Å². The summed E-state index contributed by atoms with van der Waals surface area (Å²) in [6.45, 7) is 2.53. The van der Waals surface area contributed by atoms with Crippen molar-refractivity contribution in [3.63, 3.8) is 0 Å². The van der Waals surface area contributed by atoms with Gasteiger partial charge in [-0.1, -0.05) is 36.4 Å². The average molecular weight is 320 g/mol. The molecule has 0 atom stereocenters. The Morgan fingerprint density at radius 2 is 2.00 bits per heavy atom. The first kappa shape index (κ1) is 15.9. The molecule has 3 rings (SSSR count). The highest BCUT2D eigenvalue weighted by Gasteiger charge is 2.16. The number of amides is 1. The zero-order valence-electron chi connectivity index (χ0n) is 13.6. The number of carbonyl (C=O) groups is 1. The molecular formula is C19H20N4O. The Morgan fingerprint density at radius 1 is 1.17 bits per heavy atom. The number of pyridine rings is 1. The van der Waals surface area contributed by atoms with Crippen LogP contribution >= 0.6 is 0 Å². The monoisotopic (exact) mass is 320 g/mol. The maximum Gasteiger partial charge on any atom is 0.269 e. The zero-order chi connectivity index (χ0) is 16.8. The molecule has 0 aliphatic heterocycles. The summed E-state index contributed by atoms with van der Waals surface area (Å²) in [5, 5.41) is 10.1. The third-order valence-electron chi connectivity index (χ3n) is 3.93. The summed E-state index contributed by atoms with van der Waals surface area (Å²) in [6.07, 6.45) is 5.38. The van der Waals surface area contributed by atoms with Crippen LogP contribution in [0.4, 0.5) is 0 Å². The van der Waals surface area contributed by atoms with Crippen molar-refractivity contribution in [2.75, 3.05) is 6.54 Å². The number of nitrogens with zero attached hydrogens (tertiary/aromatic N) is 2. The van der Waals surface area contributed by atoms with Crippen LogP contribution in [0.15, 0.2) is 54.9 Å². The van der Waals surface area contributed by atoms with Gasteiger partial charge in [-0.3, -0.25) is 14.9 Å². The lowest BCUT2D eigenvalue weighted by Crippen LogP contribution is -2.25. The molecule has 2 aromatic heterocycles. The van der Waals surface area contributed by atoms with E-state index in [9.17, 15) is 4.79 Å². The van der Waals surface area contributed by atoms with Gasteiger partial charge < -0.3 is 5.32 Å². The fourth-order valence-electron chi connectivity index (χ4n) is 2.62. The van der Waals surface area contributed by atoms with E-state index in [-0.39, 0.29) is 5.91 Å². The summed E-state index contributed by atoms with van der Waals surface area (Å²) >= 11 is 0. The molecule has 0 aliphatic rings. The number of aryl methyl sites for hydroxylation is 1. The van der Waals surface area contributed by atoms with Crippen LogP contribution in [0.5, 0.6) is 0 Å². The van der Waals surface area contributed by atoms with Gasteiger partial charge in [0.1, 0.15) is 5.69 Å². The highest BCUT2D eigenvalue weighted by Crippen LogP contribution is 2.22. The van der Waals surface area contributed by atoms with Crippen molar-refractivity contribution in [2.24, 2.45) is 0 Å². The Kier molecular flexibility index (Phi) is 5.01. The third-order valence-corrected chi connectivity index (χ3v) is 3.93. The Labute approximate surface area is 141 Å². The molecule has 5 heteroatoms. The first-order valence-electron chi connectivity index (χ1n) is 8.03. The lowest BCUT2D eigenvalue weighted by Gasteiger charge is -2.05. The summed E-state index contributed by atoms with van der Waals surface area (Å²) in [4.78, 5) is 16.4. The molecule has 0 fully saturated rings. The molecule has 0 bridgehead atoms. The van der Waals surface area contributed by atoms with E-state index in [1.807, 2.05) is 55.6 Å². The van der Waals surface area contributed by atoms with Gasteiger partial charge in [0.2, 0.25) is 0 Å². The summed E-state index contributed by atoms with van der Waals surface area (Å²) in [6, 6.07) is 13.8. The summed E-state index contributed by atoms with van der Waals surface area (Å²) in [5.41, 5.74) is 4.38. The van der Waals surface area contributed by atoms with Gasteiger partial charge in [0.05, 0.1) is 5.69 Å². The van der Waals surface area contributed by atoms with Gasteiger partial charge in [-0.15, -0.1) is 0 Å². The standard InChI is InChI=1S/C19H20N4O/c1-14-17(16-9-3-2-4-10-16)22-23-18(14)19(24)21-12-6-8-15-7-5-11-20-13-15/h2-5,7,9-11,13H,6,8,12H2,1H3,(H,21,24)(H,22,23). The zero-order valence-corrected chi connectivity index (χ0v) is 13.6. The molecule has 0 saturated carbocycles.